The van der Waals surface area contributed by atoms with Gasteiger partial charge in [-0.25, -0.2) is 0 Å². The summed E-state index contributed by atoms with van der Waals surface area (Å²) in [6, 6.07) is 11.8. The highest BCUT2D eigenvalue weighted by molar-refractivity contribution is 6.08. The summed E-state index contributed by atoms with van der Waals surface area (Å²) in [4.78, 5) is 0. The summed E-state index contributed by atoms with van der Waals surface area (Å²) < 4.78 is 0. The quantitative estimate of drug-likeness (QED) is 0.443. The van der Waals surface area contributed by atoms with E-state index in [1.54, 1.807) is 0 Å². The Bertz CT molecular complexity index is 290. The van der Waals surface area contributed by atoms with Crippen LogP contribution in [0.25, 0.3) is 0 Å². The monoisotopic (exact) mass is 276 g/mol. The van der Waals surface area contributed by atoms with E-state index in [2.05, 4.69) is 51.2 Å². The van der Waals surface area contributed by atoms with Crippen molar-refractivity contribution in [1.29, 1.82) is 0 Å². The minimum absolute atomic E-state index is 1.09. The molecule has 19 heavy (non-hydrogen) atoms. The summed E-state index contributed by atoms with van der Waals surface area (Å²) in [6.45, 7) is 4.55. The van der Waals surface area contributed by atoms with Crippen molar-refractivity contribution in [2.75, 3.05) is 19.6 Å². The van der Waals surface area contributed by atoms with Crippen molar-refractivity contribution in [2.24, 2.45) is 0 Å². The number of hydrogen-bond donors (Lipinski definition) is 2. The fourth-order valence-electron chi connectivity index (χ4n) is 2.12. The molecule has 3 N–H and O–H groups in total. The molecule has 1 aromatic carbocycles. The Morgan fingerprint density at radius 3 is 2.42 bits per heavy atom. The van der Waals surface area contributed by atoms with Gasteiger partial charge in [-0.3, -0.25) is 0 Å². The van der Waals surface area contributed by atoms with Crippen LogP contribution < -0.4 is 10.6 Å². The van der Waals surface area contributed by atoms with Crippen molar-refractivity contribution in [3.63, 3.8) is 0 Å². The van der Waals surface area contributed by atoms with Crippen LogP contribution in [0.4, 0.5) is 0 Å². The molecule has 1 aromatic rings. The van der Waals surface area contributed by atoms with Crippen molar-refractivity contribution in [3.05, 3.63) is 35.9 Å². The summed E-state index contributed by atoms with van der Waals surface area (Å²) in [5.74, 6) is 0. The lowest BCUT2D eigenvalue weighted by atomic mass is 10.1. The van der Waals surface area contributed by atoms with E-state index in [0.717, 1.165) is 25.7 Å². The second-order valence-electron chi connectivity index (χ2n) is 5.03. The lowest BCUT2D eigenvalue weighted by Crippen LogP contribution is -2.84. The van der Waals surface area contributed by atoms with Crippen LogP contribution in [0.2, 0.25) is 6.04 Å². The third-order valence-electron chi connectivity index (χ3n) is 3.28. The molecule has 105 valence electrons. The number of rotatable bonds is 12. The van der Waals surface area contributed by atoms with Crippen molar-refractivity contribution < 1.29 is 5.32 Å². The van der Waals surface area contributed by atoms with Crippen molar-refractivity contribution >= 4 is 10.2 Å². The van der Waals surface area contributed by atoms with Gasteiger partial charge in [0.15, 0.2) is 0 Å². The van der Waals surface area contributed by atoms with E-state index in [9.17, 15) is 0 Å². The molecule has 0 saturated carbocycles. The Kier molecular flexibility index (Phi) is 10.7. The molecule has 1 rings (SSSR count). The van der Waals surface area contributed by atoms with Gasteiger partial charge in [-0.1, -0.05) is 62.1 Å². The fraction of sp³-hybridized carbons (Fsp3) is 0.625. The maximum Gasteiger partial charge on any atom is 0.101 e. The first-order valence-electron chi connectivity index (χ1n) is 7.64. The first-order valence-corrected chi connectivity index (χ1v) is 8.35. The predicted molar refractivity (Wildman–Crippen MR) is 83.5 cm³/mol. The standard InChI is InChI=1S/C16H27N2Si/c19-14-8-3-1-2-7-11-17-12-13-18-15-16-9-5-4-6-10-16/h4-6,9-10,17-18H,1-3,7-8,11-15H2/p+1. The van der Waals surface area contributed by atoms with E-state index < -0.39 is 0 Å². The third kappa shape index (κ3) is 9.88. The molecule has 3 radical (unpaired) electrons. The van der Waals surface area contributed by atoms with Crippen molar-refractivity contribution in [2.45, 2.75) is 44.7 Å². The molecule has 0 aliphatic heterocycles. The van der Waals surface area contributed by atoms with Crippen LogP contribution in [0, 0.1) is 0 Å². The van der Waals surface area contributed by atoms with E-state index >= 15 is 0 Å². The Hall–Kier alpha value is -0.643. The van der Waals surface area contributed by atoms with Crippen LogP contribution >= 0.6 is 0 Å². The molecule has 0 aromatic heterocycles. The van der Waals surface area contributed by atoms with E-state index in [4.69, 9.17) is 0 Å². The van der Waals surface area contributed by atoms with Gasteiger partial charge in [-0.2, -0.15) is 0 Å². The minimum Gasteiger partial charge on any atom is -0.341 e. The Labute approximate surface area is 121 Å². The third-order valence-corrected chi connectivity index (χ3v) is 3.63. The van der Waals surface area contributed by atoms with Gasteiger partial charge in [0.25, 0.3) is 0 Å². The molecular formula is C16H28N2Si+. The van der Waals surface area contributed by atoms with E-state index in [1.807, 2.05) is 0 Å². The highest BCUT2D eigenvalue weighted by Crippen LogP contribution is 2.03. The van der Waals surface area contributed by atoms with Crippen LogP contribution in [0.5, 0.6) is 0 Å². The molecule has 0 unspecified atom stereocenters. The zero-order valence-electron chi connectivity index (χ0n) is 12.0. The first kappa shape index (κ1) is 16.4. The Morgan fingerprint density at radius 1 is 0.895 bits per heavy atom. The average molecular weight is 276 g/mol. The second kappa shape index (κ2) is 12.4. The lowest BCUT2D eigenvalue weighted by molar-refractivity contribution is -0.668. The number of nitrogens with one attached hydrogen (secondary N) is 1. The smallest absolute Gasteiger partial charge is 0.101 e. The maximum absolute atomic E-state index is 3.52. The molecule has 0 fully saturated rings. The lowest BCUT2D eigenvalue weighted by Gasteiger charge is -2.05. The molecule has 3 heteroatoms. The summed E-state index contributed by atoms with van der Waals surface area (Å²) >= 11 is 0. The minimum atomic E-state index is 1.09. The number of unbranched alkanes of at least 4 members (excludes halogenated alkanes) is 4. The van der Waals surface area contributed by atoms with Gasteiger partial charge < -0.3 is 10.6 Å². The summed E-state index contributed by atoms with van der Waals surface area (Å²) in [5.41, 5.74) is 1.41. The van der Waals surface area contributed by atoms with Gasteiger partial charge in [0.2, 0.25) is 0 Å². The van der Waals surface area contributed by atoms with Gasteiger partial charge in [-0.05, 0) is 13.0 Å². The molecule has 0 saturated heterocycles. The van der Waals surface area contributed by atoms with Gasteiger partial charge in [0.1, 0.15) is 6.54 Å². The van der Waals surface area contributed by atoms with Crippen molar-refractivity contribution in [3.8, 4) is 0 Å². The molecule has 0 heterocycles. The molecule has 0 spiro atoms. The molecule has 0 aliphatic rings. The molecule has 2 nitrogen and oxygen atoms in total. The largest absolute Gasteiger partial charge is 0.341 e. The summed E-state index contributed by atoms with van der Waals surface area (Å²) in [5, 5.41) is 5.89. The van der Waals surface area contributed by atoms with E-state index in [0.29, 0.717) is 0 Å². The summed E-state index contributed by atoms with van der Waals surface area (Å²) in [6.07, 6.45) is 6.76. The van der Waals surface area contributed by atoms with Crippen LogP contribution in [0.15, 0.2) is 30.3 Å². The van der Waals surface area contributed by atoms with Gasteiger partial charge in [0.05, 0.1) is 6.54 Å². The highest BCUT2D eigenvalue weighted by atomic mass is 28.1. The van der Waals surface area contributed by atoms with E-state index in [-0.39, 0.29) is 0 Å². The number of quaternary nitrogens is 1. The maximum atomic E-state index is 3.52. The van der Waals surface area contributed by atoms with Gasteiger partial charge in [-0.15, -0.1) is 0 Å². The Balaban J connectivity index is 1.79. The highest BCUT2D eigenvalue weighted by Gasteiger charge is 1.94. The van der Waals surface area contributed by atoms with E-state index in [1.165, 1.54) is 44.2 Å². The normalized spacial score (nSPS) is 10.8. The van der Waals surface area contributed by atoms with Crippen LogP contribution in [-0.4, -0.2) is 29.9 Å². The zero-order valence-corrected chi connectivity index (χ0v) is 13.0. The van der Waals surface area contributed by atoms with Crippen molar-refractivity contribution in [1.82, 2.24) is 5.32 Å². The average Bonchev–Trinajstić information content (AvgIpc) is 2.46. The summed E-state index contributed by atoms with van der Waals surface area (Å²) in [7, 11) is 3.51. The molecule has 0 bridgehead atoms. The van der Waals surface area contributed by atoms with Crippen LogP contribution in [-0.2, 0) is 6.54 Å². The molecule has 0 atom stereocenters. The van der Waals surface area contributed by atoms with Crippen LogP contribution in [0.3, 0.4) is 0 Å². The first-order chi connectivity index (χ1) is 9.43. The second-order valence-corrected chi connectivity index (χ2v) is 5.53. The number of nitrogens with two attached hydrogens (primary N) is 1. The number of benzene rings is 1. The predicted octanol–water partition coefficient (Wildman–Crippen LogP) is 1.88. The fourth-order valence-corrected chi connectivity index (χ4v) is 2.37. The SMILES string of the molecule is [Si]CCCCCCCNCC[NH2+]Cc1ccccc1. The zero-order chi connectivity index (χ0) is 13.6. The van der Waals surface area contributed by atoms with Crippen LogP contribution in [0.1, 0.15) is 37.7 Å². The topological polar surface area (TPSA) is 28.6 Å². The Morgan fingerprint density at radius 2 is 1.63 bits per heavy atom. The molecular weight excluding hydrogens is 248 g/mol. The molecule has 0 aliphatic carbocycles. The molecule has 0 amide bonds. The van der Waals surface area contributed by atoms with Gasteiger partial charge >= 0.3 is 0 Å². The van der Waals surface area contributed by atoms with Gasteiger partial charge in [0, 0.05) is 22.4 Å². The number of hydrogen-bond acceptors (Lipinski definition) is 1.